The van der Waals surface area contributed by atoms with Gasteiger partial charge in [0.1, 0.15) is 5.84 Å². The largest absolute Gasteiger partial charge is 0.369 e. The summed E-state index contributed by atoms with van der Waals surface area (Å²) < 4.78 is 0. The molecular weight excluding hydrogens is 370 g/mol. The quantitative estimate of drug-likeness (QED) is 0.785. The molecule has 1 aliphatic carbocycles. The van der Waals surface area contributed by atoms with Crippen LogP contribution < -0.4 is 10.2 Å². The van der Waals surface area contributed by atoms with Crippen LogP contribution in [0.4, 0.5) is 11.5 Å². The first-order chi connectivity index (χ1) is 14.6. The Hall–Kier alpha value is -2.95. The average molecular weight is 400 g/mol. The van der Waals surface area contributed by atoms with Crippen LogP contribution in [0.1, 0.15) is 51.5 Å². The molecule has 3 aliphatic rings. The van der Waals surface area contributed by atoms with Crippen LogP contribution in [0, 0.1) is 0 Å². The molecule has 0 bridgehead atoms. The number of allylic oxidation sites excluding steroid dienone is 2. The van der Waals surface area contributed by atoms with Crippen molar-refractivity contribution in [1.82, 2.24) is 15.3 Å². The fourth-order valence-corrected chi connectivity index (χ4v) is 4.94. The van der Waals surface area contributed by atoms with Gasteiger partial charge in [0.2, 0.25) is 0 Å². The minimum absolute atomic E-state index is 0.00146. The molecule has 4 heterocycles. The van der Waals surface area contributed by atoms with E-state index in [0.29, 0.717) is 6.04 Å². The monoisotopic (exact) mass is 399 g/mol. The molecule has 1 saturated heterocycles. The van der Waals surface area contributed by atoms with Crippen molar-refractivity contribution in [3.05, 3.63) is 71.8 Å². The van der Waals surface area contributed by atoms with E-state index >= 15 is 0 Å². The first-order valence-corrected chi connectivity index (χ1v) is 11.0. The predicted molar refractivity (Wildman–Crippen MR) is 122 cm³/mol. The van der Waals surface area contributed by atoms with E-state index in [9.17, 15) is 0 Å². The van der Waals surface area contributed by atoms with Gasteiger partial charge in [-0.15, -0.1) is 0 Å². The van der Waals surface area contributed by atoms with Crippen LogP contribution in [0.25, 0.3) is 0 Å². The van der Waals surface area contributed by atoms with Crippen LogP contribution in [-0.4, -0.2) is 28.4 Å². The number of nitrogens with zero attached hydrogens (tertiary/aromatic N) is 4. The first-order valence-electron chi connectivity index (χ1n) is 11.0. The fraction of sp³-hybridized carbons (Fsp3) is 0.400. The number of aromatic nitrogens is 2. The third-order valence-electron chi connectivity index (χ3n) is 6.69. The molecule has 0 radical (unpaired) electrons. The van der Waals surface area contributed by atoms with Gasteiger partial charge in [-0.3, -0.25) is 4.98 Å². The summed E-state index contributed by atoms with van der Waals surface area (Å²) in [5.41, 5.74) is 5.15. The predicted octanol–water partition coefficient (Wildman–Crippen LogP) is 5.05. The Kier molecular flexibility index (Phi) is 4.89. The molecule has 2 aliphatic heterocycles. The number of nitrogens with one attached hydrogen (secondary N) is 1. The molecule has 5 nitrogen and oxygen atoms in total. The van der Waals surface area contributed by atoms with Gasteiger partial charge in [-0.25, -0.2) is 9.98 Å². The highest BCUT2D eigenvalue weighted by atomic mass is 15.2. The Morgan fingerprint density at radius 3 is 2.87 bits per heavy atom. The molecule has 1 unspecified atom stereocenters. The van der Waals surface area contributed by atoms with Crippen LogP contribution in [0.3, 0.4) is 0 Å². The SMILES string of the molecule is C[C@H]1CCCCN1c1ccnc(N=C2CC3=C(C=CC(C)(c4ccncc4)C3)N2)c1. The molecule has 0 spiro atoms. The topological polar surface area (TPSA) is 53.4 Å². The summed E-state index contributed by atoms with van der Waals surface area (Å²) in [6.07, 6.45) is 15.8. The van der Waals surface area contributed by atoms with Gasteiger partial charge in [0, 0.05) is 60.5 Å². The van der Waals surface area contributed by atoms with Crippen LogP contribution in [-0.2, 0) is 5.41 Å². The van der Waals surface area contributed by atoms with Gasteiger partial charge in [-0.05, 0) is 68.0 Å². The highest BCUT2D eigenvalue weighted by Gasteiger charge is 2.32. The normalized spacial score (nSPS) is 27.3. The van der Waals surface area contributed by atoms with Gasteiger partial charge in [0.15, 0.2) is 5.82 Å². The molecule has 0 aromatic carbocycles. The molecule has 154 valence electrons. The molecule has 5 rings (SSSR count). The molecule has 5 heteroatoms. The van der Waals surface area contributed by atoms with Crippen LogP contribution in [0.5, 0.6) is 0 Å². The Labute approximate surface area is 178 Å². The van der Waals surface area contributed by atoms with Crippen molar-refractivity contribution in [3.63, 3.8) is 0 Å². The van der Waals surface area contributed by atoms with E-state index in [-0.39, 0.29) is 5.41 Å². The number of hydrogen-bond donors (Lipinski definition) is 1. The summed E-state index contributed by atoms with van der Waals surface area (Å²) in [5, 5.41) is 3.52. The molecular formula is C25H29N5. The van der Waals surface area contributed by atoms with Gasteiger partial charge in [0.05, 0.1) is 0 Å². The van der Waals surface area contributed by atoms with Crippen molar-refractivity contribution < 1.29 is 0 Å². The van der Waals surface area contributed by atoms with Crippen molar-refractivity contribution in [2.75, 3.05) is 11.4 Å². The van der Waals surface area contributed by atoms with Crippen molar-refractivity contribution in [1.29, 1.82) is 0 Å². The zero-order valence-electron chi connectivity index (χ0n) is 17.8. The zero-order valence-corrected chi connectivity index (χ0v) is 17.8. The van der Waals surface area contributed by atoms with E-state index in [1.54, 1.807) is 0 Å². The lowest BCUT2D eigenvalue weighted by atomic mass is 9.74. The molecule has 2 atom stereocenters. The van der Waals surface area contributed by atoms with E-state index in [4.69, 9.17) is 4.99 Å². The molecule has 0 saturated carbocycles. The number of rotatable bonds is 3. The summed E-state index contributed by atoms with van der Waals surface area (Å²) in [7, 11) is 0. The maximum absolute atomic E-state index is 4.87. The maximum atomic E-state index is 4.87. The minimum atomic E-state index is 0.00146. The second-order valence-corrected chi connectivity index (χ2v) is 8.95. The van der Waals surface area contributed by atoms with Gasteiger partial charge >= 0.3 is 0 Å². The average Bonchev–Trinajstić information content (AvgIpc) is 3.16. The maximum Gasteiger partial charge on any atom is 0.155 e. The number of pyridine rings is 2. The smallest absolute Gasteiger partial charge is 0.155 e. The van der Waals surface area contributed by atoms with Gasteiger partial charge < -0.3 is 10.2 Å². The number of aliphatic imine (C=N–C) groups is 1. The number of anilines is 1. The Balaban J connectivity index is 1.33. The Morgan fingerprint density at radius 1 is 1.17 bits per heavy atom. The zero-order chi connectivity index (χ0) is 20.6. The van der Waals surface area contributed by atoms with Crippen molar-refractivity contribution in [2.45, 2.75) is 57.4 Å². The fourth-order valence-electron chi connectivity index (χ4n) is 4.94. The summed E-state index contributed by atoms with van der Waals surface area (Å²) >= 11 is 0. The summed E-state index contributed by atoms with van der Waals surface area (Å²) in [5.74, 6) is 1.77. The van der Waals surface area contributed by atoms with E-state index < -0.39 is 0 Å². The van der Waals surface area contributed by atoms with Gasteiger partial charge in [-0.2, -0.15) is 0 Å². The summed E-state index contributed by atoms with van der Waals surface area (Å²) in [6.45, 7) is 5.73. The summed E-state index contributed by atoms with van der Waals surface area (Å²) in [4.78, 5) is 16.0. The number of hydrogen-bond acceptors (Lipinski definition) is 4. The van der Waals surface area contributed by atoms with Crippen molar-refractivity contribution in [3.8, 4) is 0 Å². The van der Waals surface area contributed by atoms with Crippen molar-refractivity contribution >= 4 is 17.3 Å². The molecule has 30 heavy (non-hydrogen) atoms. The molecule has 1 N–H and O–H groups in total. The van der Waals surface area contributed by atoms with E-state index in [1.165, 1.54) is 41.8 Å². The van der Waals surface area contributed by atoms with Crippen molar-refractivity contribution in [2.24, 2.45) is 4.99 Å². The molecule has 2 aromatic heterocycles. The van der Waals surface area contributed by atoms with Crippen LogP contribution >= 0.6 is 0 Å². The Bertz CT molecular complexity index is 1020. The number of piperidine rings is 1. The molecule has 2 aromatic rings. The van der Waals surface area contributed by atoms with Crippen LogP contribution in [0.2, 0.25) is 0 Å². The second-order valence-electron chi connectivity index (χ2n) is 8.95. The third-order valence-corrected chi connectivity index (χ3v) is 6.69. The minimum Gasteiger partial charge on any atom is -0.369 e. The lowest BCUT2D eigenvalue weighted by Gasteiger charge is -2.35. The lowest BCUT2D eigenvalue weighted by Crippen LogP contribution is -2.37. The molecule has 1 fully saturated rings. The lowest BCUT2D eigenvalue weighted by molar-refractivity contribution is 0.485. The van der Waals surface area contributed by atoms with Gasteiger partial charge in [0.25, 0.3) is 0 Å². The first kappa shape index (κ1) is 19.0. The van der Waals surface area contributed by atoms with Crippen LogP contribution in [0.15, 0.2) is 71.3 Å². The van der Waals surface area contributed by atoms with E-state index in [1.807, 2.05) is 18.6 Å². The van der Waals surface area contributed by atoms with E-state index in [0.717, 1.165) is 31.0 Å². The van der Waals surface area contributed by atoms with E-state index in [2.05, 4.69) is 70.4 Å². The summed E-state index contributed by atoms with van der Waals surface area (Å²) in [6, 6.07) is 9.05. The number of amidine groups is 1. The second kappa shape index (κ2) is 7.71. The molecule has 0 amide bonds. The Morgan fingerprint density at radius 2 is 2.03 bits per heavy atom. The highest BCUT2D eigenvalue weighted by molar-refractivity contribution is 5.92. The highest BCUT2D eigenvalue weighted by Crippen LogP contribution is 2.39. The van der Waals surface area contributed by atoms with Gasteiger partial charge in [-0.1, -0.05) is 13.0 Å². The standard InChI is InChI=1S/C25H29N5/c1-18-5-3-4-14-30(18)21-9-13-27-23(16-21)29-24-15-19-17-25(2,10-6-22(19)28-24)20-7-11-26-12-8-20/h6-13,16,18H,3-5,14-15,17H2,1-2H3,(H,27,28,29)/t18-,25?/m0/s1. The third kappa shape index (κ3) is 3.64.